The summed E-state index contributed by atoms with van der Waals surface area (Å²) in [6, 6.07) is 8.49. The third-order valence-electron chi connectivity index (χ3n) is 4.94. The van der Waals surface area contributed by atoms with Crippen molar-refractivity contribution in [3.8, 4) is 0 Å². The Labute approximate surface area is 169 Å². The third kappa shape index (κ3) is 3.91. The van der Waals surface area contributed by atoms with E-state index in [0.717, 1.165) is 36.2 Å². The van der Waals surface area contributed by atoms with Crippen LogP contribution in [0.3, 0.4) is 0 Å². The van der Waals surface area contributed by atoms with Gasteiger partial charge in [-0.2, -0.15) is 0 Å². The lowest BCUT2D eigenvalue weighted by Gasteiger charge is -2.31. The molecule has 0 bridgehead atoms. The fourth-order valence-corrected chi connectivity index (χ4v) is 3.64. The molecule has 0 unspecified atom stereocenters. The van der Waals surface area contributed by atoms with Crippen molar-refractivity contribution in [2.75, 3.05) is 23.3 Å². The van der Waals surface area contributed by atoms with Gasteiger partial charge in [0.1, 0.15) is 29.1 Å². The Morgan fingerprint density at radius 3 is 2.79 bits per heavy atom. The van der Waals surface area contributed by atoms with E-state index in [0.29, 0.717) is 22.7 Å². The van der Waals surface area contributed by atoms with Crippen molar-refractivity contribution in [1.82, 2.24) is 9.97 Å². The number of piperidine rings is 1. The summed E-state index contributed by atoms with van der Waals surface area (Å²) in [5.41, 5.74) is -0.336. The van der Waals surface area contributed by atoms with E-state index in [4.69, 9.17) is 4.42 Å². The van der Waals surface area contributed by atoms with Crippen molar-refractivity contribution in [3.63, 3.8) is 0 Å². The first-order valence-corrected chi connectivity index (χ1v) is 9.90. The maximum Gasteiger partial charge on any atom is 0.349 e. The first-order chi connectivity index (χ1) is 13.5. The monoisotopic (exact) mass is 442 g/mol. The minimum atomic E-state index is -0.688. The second-order valence-corrected chi connectivity index (χ2v) is 7.93. The van der Waals surface area contributed by atoms with Gasteiger partial charge in [-0.1, -0.05) is 22.9 Å². The Balaban J connectivity index is 1.57. The number of halogens is 1. The number of rotatable bonds is 3. The lowest BCUT2D eigenvalue weighted by Crippen LogP contribution is -2.33. The van der Waals surface area contributed by atoms with E-state index in [-0.39, 0.29) is 5.56 Å². The molecule has 1 N–H and O–H groups in total. The van der Waals surface area contributed by atoms with Crippen molar-refractivity contribution in [2.24, 2.45) is 5.92 Å². The summed E-state index contributed by atoms with van der Waals surface area (Å²) in [6.45, 7) is 4.10. The molecule has 8 heteroatoms. The lowest BCUT2D eigenvalue weighted by atomic mass is 9.99. The number of hydrogen-bond donors (Lipinski definition) is 1. The van der Waals surface area contributed by atoms with Crippen LogP contribution in [0.1, 0.15) is 30.1 Å². The topological polar surface area (TPSA) is 88.3 Å². The predicted molar refractivity (Wildman–Crippen MR) is 111 cm³/mol. The molecule has 1 aliphatic heterocycles. The quantitative estimate of drug-likeness (QED) is 0.619. The highest BCUT2D eigenvalue weighted by Gasteiger charge is 2.19. The van der Waals surface area contributed by atoms with Crippen LogP contribution < -0.4 is 15.8 Å². The number of carbonyl (C=O) groups is 1. The molecule has 7 nitrogen and oxygen atoms in total. The van der Waals surface area contributed by atoms with Gasteiger partial charge in [-0.15, -0.1) is 0 Å². The van der Waals surface area contributed by atoms with Gasteiger partial charge in [0.15, 0.2) is 0 Å². The number of carbonyl (C=O) groups excluding carboxylic acids is 1. The maximum atomic E-state index is 12.6. The van der Waals surface area contributed by atoms with Gasteiger partial charge in [0, 0.05) is 29.0 Å². The molecule has 2 aromatic heterocycles. The van der Waals surface area contributed by atoms with Gasteiger partial charge in [-0.3, -0.25) is 4.79 Å². The molecule has 0 spiro atoms. The standard InChI is InChI=1S/C20H19BrN4O3/c1-12-4-6-25(7-5-12)18-10-17(22-11-23-18)24-19(26)15-9-13-8-14(21)2-3-16(13)28-20(15)27/h2-3,8-12H,4-7H2,1H3,(H,22,23,24,26). The van der Waals surface area contributed by atoms with Gasteiger partial charge < -0.3 is 14.6 Å². The van der Waals surface area contributed by atoms with Gasteiger partial charge in [0.2, 0.25) is 0 Å². The number of benzene rings is 1. The van der Waals surface area contributed by atoms with Crippen LogP contribution in [0, 0.1) is 5.92 Å². The Kier molecular flexibility index (Phi) is 5.13. The summed E-state index contributed by atoms with van der Waals surface area (Å²) in [5, 5.41) is 3.34. The number of hydrogen-bond acceptors (Lipinski definition) is 6. The summed E-state index contributed by atoms with van der Waals surface area (Å²) >= 11 is 3.37. The van der Waals surface area contributed by atoms with Gasteiger partial charge in [0.05, 0.1) is 0 Å². The van der Waals surface area contributed by atoms with Crippen molar-refractivity contribution in [1.29, 1.82) is 0 Å². The van der Waals surface area contributed by atoms with Gasteiger partial charge >= 0.3 is 5.63 Å². The normalized spacial score (nSPS) is 15.0. The van der Waals surface area contributed by atoms with E-state index in [1.807, 2.05) is 0 Å². The number of amides is 1. The molecule has 0 aliphatic carbocycles. The van der Waals surface area contributed by atoms with Crippen LogP contribution in [0.15, 0.2) is 50.3 Å². The number of aromatic nitrogens is 2. The summed E-state index contributed by atoms with van der Waals surface area (Å²) < 4.78 is 6.09. The average molecular weight is 443 g/mol. The van der Waals surface area contributed by atoms with Crippen molar-refractivity contribution in [3.05, 3.63) is 57.1 Å². The molecular formula is C20H19BrN4O3. The van der Waals surface area contributed by atoms with Crippen LogP contribution >= 0.6 is 15.9 Å². The van der Waals surface area contributed by atoms with Crippen molar-refractivity contribution in [2.45, 2.75) is 19.8 Å². The molecule has 1 amide bonds. The van der Waals surface area contributed by atoms with Crippen LogP contribution in [-0.2, 0) is 0 Å². The summed E-state index contributed by atoms with van der Waals surface area (Å²) in [7, 11) is 0. The molecule has 1 aromatic carbocycles. The van der Waals surface area contributed by atoms with E-state index in [1.54, 1.807) is 24.3 Å². The zero-order valence-electron chi connectivity index (χ0n) is 15.3. The van der Waals surface area contributed by atoms with E-state index < -0.39 is 11.5 Å². The molecule has 3 aromatic rings. The fraction of sp³-hybridized carbons (Fsp3) is 0.300. The summed E-state index contributed by atoms with van der Waals surface area (Å²) in [4.78, 5) is 35.5. The number of nitrogens with zero attached hydrogens (tertiary/aromatic N) is 3. The fourth-order valence-electron chi connectivity index (χ4n) is 3.26. The third-order valence-corrected chi connectivity index (χ3v) is 5.43. The SMILES string of the molecule is CC1CCN(c2cc(NC(=O)c3cc4cc(Br)ccc4oc3=O)ncn2)CC1. The number of nitrogens with one attached hydrogen (secondary N) is 1. The second-order valence-electron chi connectivity index (χ2n) is 7.01. The molecule has 28 heavy (non-hydrogen) atoms. The second kappa shape index (κ2) is 7.71. The molecule has 144 valence electrons. The summed E-state index contributed by atoms with van der Waals surface area (Å²) in [6.07, 6.45) is 3.64. The van der Waals surface area contributed by atoms with Crippen molar-refractivity contribution < 1.29 is 9.21 Å². The molecule has 0 saturated carbocycles. The van der Waals surface area contributed by atoms with Crippen LogP contribution in [-0.4, -0.2) is 29.0 Å². The van der Waals surface area contributed by atoms with E-state index >= 15 is 0 Å². The molecule has 0 atom stereocenters. The van der Waals surface area contributed by atoms with Crippen LogP contribution in [0.25, 0.3) is 11.0 Å². The highest BCUT2D eigenvalue weighted by atomic mass is 79.9. The first kappa shape index (κ1) is 18.6. The number of anilines is 2. The van der Waals surface area contributed by atoms with Crippen LogP contribution in [0.5, 0.6) is 0 Å². The van der Waals surface area contributed by atoms with E-state index in [1.165, 1.54) is 12.4 Å². The molecule has 1 saturated heterocycles. The molecule has 3 heterocycles. The van der Waals surface area contributed by atoms with Gasteiger partial charge in [-0.25, -0.2) is 14.8 Å². The minimum absolute atomic E-state index is 0.0717. The molecule has 4 rings (SSSR count). The Morgan fingerprint density at radius 1 is 1.21 bits per heavy atom. The number of fused-ring (bicyclic) bond motifs is 1. The molecule has 1 fully saturated rings. The Bertz CT molecular complexity index is 1090. The van der Waals surface area contributed by atoms with Crippen LogP contribution in [0.2, 0.25) is 0 Å². The zero-order chi connectivity index (χ0) is 19.7. The van der Waals surface area contributed by atoms with Crippen LogP contribution in [0.4, 0.5) is 11.6 Å². The maximum absolute atomic E-state index is 12.6. The van der Waals surface area contributed by atoms with Crippen molar-refractivity contribution >= 4 is 44.4 Å². The molecular weight excluding hydrogens is 424 g/mol. The summed E-state index contributed by atoms with van der Waals surface area (Å²) in [5.74, 6) is 1.27. The molecule has 1 aliphatic rings. The largest absolute Gasteiger partial charge is 0.422 e. The molecule has 0 radical (unpaired) electrons. The van der Waals surface area contributed by atoms with E-state index in [9.17, 15) is 9.59 Å². The first-order valence-electron chi connectivity index (χ1n) is 9.11. The highest BCUT2D eigenvalue weighted by molar-refractivity contribution is 9.10. The smallest absolute Gasteiger partial charge is 0.349 e. The highest BCUT2D eigenvalue weighted by Crippen LogP contribution is 2.23. The van der Waals surface area contributed by atoms with Gasteiger partial charge in [-0.05, 0) is 43.0 Å². The van der Waals surface area contributed by atoms with Gasteiger partial charge in [0.25, 0.3) is 5.91 Å². The predicted octanol–water partition coefficient (Wildman–Crippen LogP) is 3.83. The zero-order valence-corrected chi connectivity index (χ0v) is 16.9. The Morgan fingerprint density at radius 2 is 2.00 bits per heavy atom. The minimum Gasteiger partial charge on any atom is -0.422 e. The Hall–Kier alpha value is -2.74. The lowest BCUT2D eigenvalue weighted by molar-refractivity contribution is 0.102. The van der Waals surface area contributed by atoms with E-state index in [2.05, 4.69) is 43.0 Å². The average Bonchev–Trinajstić information content (AvgIpc) is 2.68.